The van der Waals surface area contributed by atoms with Gasteiger partial charge in [-0.1, -0.05) is 36.4 Å². The minimum atomic E-state index is -0.847. The number of nitrogens with zero attached hydrogens (tertiary/aromatic N) is 1. The first-order chi connectivity index (χ1) is 16.6. The fourth-order valence-electron chi connectivity index (χ4n) is 3.80. The predicted octanol–water partition coefficient (Wildman–Crippen LogP) is 4.00. The number of likely N-dealkylation sites (N-methyl/N-ethyl adjacent to an activating group) is 1. The number of amides is 2. The average Bonchev–Trinajstić information content (AvgIpc) is 3.52. The van der Waals surface area contributed by atoms with Crippen molar-refractivity contribution < 1.29 is 28.5 Å². The number of hydrogen-bond acceptors (Lipinski definition) is 6. The highest BCUT2D eigenvalue weighted by Gasteiger charge is 2.28. The molecule has 34 heavy (non-hydrogen) atoms. The molecule has 1 N–H and O–H groups in total. The molecule has 0 saturated carbocycles. The zero-order valence-corrected chi connectivity index (χ0v) is 18.4. The molecule has 5 rings (SSSR count). The van der Waals surface area contributed by atoms with E-state index in [1.54, 1.807) is 43.5 Å². The monoisotopic (exact) mass is 458 g/mol. The first-order valence-electron chi connectivity index (χ1n) is 10.7. The van der Waals surface area contributed by atoms with E-state index < -0.39 is 6.04 Å². The maximum atomic E-state index is 13.3. The second-order valence-electron chi connectivity index (χ2n) is 7.77. The Morgan fingerprint density at radius 3 is 2.24 bits per heavy atom. The number of carbonyl (C=O) groups is 2. The topological polar surface area (TPSA) is 86.3 Å². The Kier molecular flexibility index (Phi) is 5.78. The second kappa shape index (κ2) is 9.19. The smallest absolute Gasteiger partial charge is 0.251 e. The van der Waals surface area contributed by atoms with E-state index >= 15 is 0 Å². The van der Waals surface area contributed by atoms with Gasteiger partial charge in [-0.2, -0.15) is 0 Å². The summed E-state index contributed by atoms with van der Waals surface area (Å²) in [5.41, 5.74) is 2.02. The Morgan fingerprint density at radius 1 is 0.853 bits per heavy atom. The van der Waals surface area contributed by atoms with Crippen LogP contribution in [0.5, 0.6) is 23.0 Å². The van der Waals surface area contributed by atoms with Gasteiger partial charge < -0.3 is 29.2 Å². The van der Waals surface area contributed by atoms with E-state index in [0.717, 1.165) is 5.56 Å². The van der Waals surface area contributed by atoms with Crippen LogP contribution in [0.2, 0.25) is 0 Å². The van der Waals surface area contributed by atoms with Gasteiger partial charge in [0.2, 0.25) is 19.5 Å². The molecule has 2 heterocycles. The predicted molar refractivity (Wildman–Crippen MR) is 125 cm³/mol. The molecule has 0 fully saturated rings. The van der Waals surface area contributed by atoms with Crippen molar-refractivity contribution in [1.29, 1.82) is 0 Å². The highest BCUT2D eigenvalue weighted by molar-refractivity contribution is 6.00. The van der Waals surface area contributed by atoms with Crippen LogP contribution >= 0.6 is 0 Å². The zero-order valence-electron chi connectivity index (χ0n) is 18.4. The summed E-state index contributed by atoms with van der Waals surface area (Å²) in [5.74, 6) is 1.81. The molecule has 0 aliphatic carbocycles. The maximum absolute atomic E-state index is 13.3. The Hall–Kier alpha value is -4.46. The summed E-state index contributed by atoms with van der Waals surface area (Å²) in [4.78, 5) is 27.8. The molecule has 2 amide bonds. The van der Waals surface area contributed by atoms with Gasteiger partial charge in [-0.3, -0.25) is 9.59 Å². The number of carbonyl (C=O) groups excluding carboxylic acids is 2. The molecule has 8 nitrogen and oxygen atoms in total. The summed E-state index contributed by atoms with van der Waals surface area (Å²) in [6, 6.07) is 18.9. The molecule has 1 atom stereocenters. The van der Waals surface area contributed by atoms with Crippen molar-refractivity contribution in [2.45, 2.75) is 6.04 Å². The quantitative estimate of drug-likeness (QED) is 0.562. The van der Waals surface area contributed by atoms with Crippen LogP contribution in [-0.4, -0.2) is 37.3 Å². The Bertz CT molecular complexity index is 1260. The molecule has 0 bridgehead atoms. The minimum absolute atomic E-state index is 0.145. The van der Waals surface area contributed by atoms with Crippen molar-refractivity contribution >= 4 is 23.6 Å². The van der Waals surface area contributed by atoms with Crippen LogP contribution in [0.25, 0.3) is 6.08 Å². The van der Waals surface area contributed by atoms with E-state index in [2.05, 4.69) is 5.32 Å². The van der Waals surface area contributed by atoms with Gasteiger partial charge in [0.1, 0.15) is 6.04 Å². The average molecular weight is 458 g/mol. The van der Waals surface area contributed by atoms with E-state index in [9.17, 15) is 9.59 Å². The number of ether oxygens (including phenoxy) is 4. The van der Waals surface area contributed by atoms with Gasteiger partial charge in [0, 0.05) is 24.9 Å². The van der Waals surface area contributed by atoms with Gasteiger partial charge >= 0.3 is 0 Å². The SMILES string of the molecule is CN(C(=O)/C=C/c1ccc2c(c1)OCO2)[C@@H](C(=O)Nc1ccc2c(c1)OCO2)c1ccccc1. The third kappa shape index (κ3) is 4.38. The van der Waals surface area contributed by atoms with E-state index in [0.29, 0.717) is 34.2 Å². The fourth-order valence-corrected chi connectivity index (χ4v) is 3.80. The lowest BCUT2D eigenvalue weighted by atomic mass is 10.0. The van der Waals surface area contributed by atoms with Gasteiger partial charge in [0.05, 0.1) is 0 Å². The number of fused-ring (bicyclic) bond motifs is 2. The lowest BCUT2D eigenvalue weighted by Gasteiger charge is -2.27. The van der Waals surface area contributed by atoms with E-state index in [1.807, 2.05) is 36.4 Å². The van der Waals surface area contributed by atoms with Crippen molar-refractivity contribution in [1.82, 2.24) is 4.90 Å². The van der Waals surface area contributed by atoms with Gasteiger partial charge in [0.25, 0.3) is 5.91 Å². The number of nitrogens with one attached hydrogen (secondary N) is 1. The Balaban J connectivity index is 1.35. The summed E-state index contributed by atoms with van der Waals surface area (Å²) in [6.45, 7) is 0.327. The standard InChI is InChI=1S/C26H22N2O6/c1-28(24(29)12-8-17-7-10-20-22(13-17)33-15-31-20)25(18-5-3-2-4-6-18)26(30)27-19-9-11-21-23(14-19)34-16-32-21/h2-14,25H,15-16H2,1H3,(H,27,30)/b12-8+/t25-/m1/s1. The largest absolute Gasteiger partial charge is 0.454 e. The summed E-state index contributed by atoms with van der Waals surface area (Å²) < 4.78 is 21.4. The molecular weight excluding hydrogens is 436 g/mol. The summed E-state index contributed by atoms with van der Waals surface area (Å²) in [5, 5.41) is 2.89. The number of rotatable bonds is 6. The number of anilines is 1. The summed E-state index contributed by atoms with van der Waals surface area (Å²) in [7, 11) is 1.60. The van der Waals surface area contributed by atoms with Crippen molar-refractivity contribution in [3.8, 4) is 23.0 Å². The molecule has 0 aromatic heterocycles. The van der Waals surface area contributed by atoms with Crippen LogP contribution < -0.4 is 24.3 Å². The van der Waals surface area contributed by atoms with Crippen LogP contribution in [0.3, 0.4) is 0 Å². The summed E-state index contributed by atoms with van der Waals surface area (Å²) >= 11 is 0. The molecule has 0 spiro atoms. The number of hydrogen-bond donors (Lipinski definition) is 1. The lowest BCUT2D eigenvalue weighted by molar-refractivity contribution is -0.133. The highest BCUT2D eigenvalue weighted by Crippen LogP contribution is 2.35. The third-order valence-electron chi connectivity index (χ3n) is 5.55. The van der Waals surface area contributed by atoms with E-state index in [1.165, 1.54) is 11.0 Å². The first-order valence-corrected chi connectivity index (χ1v) is 10.7. The molecule has 2 aliphatic heterocycles. The van der Waals surface area contributed by atoms with Crippen LogP contribution in [0.15, 0.2) is 72.8 Å². The Labute approximate surface area is 196 Å². The van der Waals surface area contributed by atoms with E-state index in [-0.39, 0.29) is 25.4 Å². The fraction of sp³-hybridized carbons (Fsp3) is 0.154. The van der Waals surface area contributed by atoms with Crippen molar-refractivity contribution in [2.75, 3.05) is 26.0 Å². The molecule has 172 valence electrons. The summed E-state index contributed by atoms with van der Waals surface area (Å²) in [6.07, 6.45) is 3.11. The minimum Gasteiger partial charge on any atom is -0.454 e. The Morgan fingerprint density at radius 2 is 1.50 bits per heavy atom. The van der Waals surface area contributed by atoms with Crippen molar-refractivity contribution in [2.24, 2.45) is 0 Å². The molecule has 3 aromatic carbocycles. The zero-order chi connectivity index (χ0) is 23.5. The highest BCUT2D eigenvalue weighted by atomic mass is 16.7. The van der Waals surface area contributed by atoms with Crippen LogP contribution in [-0.2, 0) is 9.59 Å². The molecule has 3 aromatic rings. The lowest BCUT2D eigenvalue weighted by Crippen LogP contribution is -2.37. The van der Waals surface area contributed by atoms with Gasteiger partial charge in [-0.05, 0) is 41.5 Å². The molecule has 8 heteroatoms. The molecule has 0 saturated heterocycles. The number of benzene rings is 3. The van der Waals surface area contributed by atoms with Crippen molar-refractivity contribution in [3.05, 3.63) is 83.9 Å². The van der Waals surface area contributed by atoms with E-state index in [4.69, 9.17) is 18.9 Å². The third-order valence-corrected chi connectivity index (χ3v) is 5.55. The van der Waals surface area contributed by atoms with Gasteiger partial charge in [0.15, 0.2) is 23.0 Å². The van der Waals surface area contributed by atoms with Gasteiger partial charge in [-0.25, -0.2) is 0 Å². The van der Waals surface area contributed by atoms with Crippen LogP contribution in [0, 0.1) is 0 Å². The maximum Gasteiger partial charge on any atom is 0.251 e. The molecule has 0 radical (unpaired) electrons. The molecule has 0 unspecified atom stereocenters. The molecular formula is C26H22N2O6. The van der Waals surface area contributed by atoms with Crippen molar-refractivity contribution in [3.63, 3.8) is 0 Å². The normalized spacial score (nSPS) is 14.1. The first kappa shape index (κ1) is 21.4. The van der Waals surface area contributed by atoms with Crippen LogP contribution in [0.4, 0.5) is 5.69 Å². The second-order valence-corrected chi connectivity index (χ2v) is 7.77. The molecule has 2 aliphatic rings. The van der Waals surface area contributed by atoms with Crippen LogP contribution in [0.1, 0.15) is 17.2 Å². The van der Waals surface area contributed by atoms with Gasteiger partial charge in [-0.15, -0.1) is 0 Å².